The summed E-state index contributed by atoms with van der Waals surface area (Å²) in [5.41, 5.74) is 1.61. The molecule has 3 atom stereocenters. The van der Waals surface area contributed by atoms with E-state index in [4.69, 9.17) is 0 Å². The number of piperidine rings is 1. The van der Waals surface area contributed by atoms with Gasteiger partial charge in [0.2, 0.25) is 0 Å². The molecule has 136 valence electrons. The van der Waals surface area contributed by atoms with Crippen molar-refractivity contribution in [2.75, 3.05) is 6.54 Å². The molecule has 2 aliphatic rings. The maximum atomic E-state index is 13.0. The lowest BCUT2D eigenvalue weighted by molar-refractivity contribution is 0.0680. The molecule has 2 bridgehead atoms. The minimum absolute atomic E-state index is 0.00227. The van der Waals surface area contributed by atoms with Crippen LogP contribution in [0.5, 0.6) is 0 Å². The van der Waals surface area contributed by atoms with Crippen molar-refractivity contribution in [2.45, 2.75) is 24.9 Å². The van der Waals surface area contributed by atoms with Crippen molar-refractivity contribution >= 4 is 34.1 Å². The molecular weight excluding hydrogens is 358 g/mol. The summed E-state index contributed by atoms with van der Waals surface area (Å²) in [6, 6.07) is 13.7. The van der Waals surface area contributed by atoms with Gasteiger partial charge in [0.1, 0.15) is 0 Å². The van der Waals surface area contributed by atoms with Crippen molar-refractivity contribution in [1.82, 2.24) is 15.2 Å². The summed E-state index contributed by atoms with van der Waals surface area (Å²) in [7, 11) is 0. The van der Waals surface area contributed by atoms with E-state index >= 15 is 0 Å². The molecule has 2 aromatic heterocycles. The molecule has 3 aromatic rings. The molecule has 1 aliphatic carbocycles. The van der Waals surface area contributed by atoms with Crippen LogP contribution in [0.2, 0.25) is 0 Å². The van der Waals surface area contributed by atoms with Crippen LogP contribution in [-0.4, -0.2) is 40.3 Å². The van der Waals surface area contributed by atoms with Gasteiger partial charge in [-0.05, 0) is 54.5 Å². The van der Waals surface area contributed by atoms with E-state index in [1.165, 1.54) is 11.3 Å². The van der Waals surface area contributed by atoms with Crippen molar-refractivity contribution in [1.29, 1.82) is 0 Å². The average molecular weight is 377 g/mol. The molecule has 0 unspecified atom stereocenters. The Labute approximate surface area is 161 Å². The van der Waals surface area contributed by atoms with Crippen LogP contribution in [0.3, 0.4) is 0 Å². The number of nitrogens with zero attached hydrogens (tertiary/aromatic N) is 2. The molecular formula is C21H19N3O2S. The van der Waals surface area contributed by atoms with Crippen LogP contribution >= 0.6 is 11.3 Å². The molecule has 27 heavy (non-hydrogen) atoms. The third-order valence-electron chi connectivity index (χ3n) is 5.71. The maximum absolute atomic E-state index is 13.0. The van der Waals surface area contributed by atoms with Gasteiger partial charge in [0.15, 0.2) is 0 Å². The van der Waals surface area contributed by atoms with E-state index in [9.17, 15) is 9.59 Å². The lowest BCUT2D eigenvalue weighted by Crippen LogP contribution is -2.47. The van der Waals surface area contributed by atoms with Gasteiger partial charge in [-0.2, -0.15) is 0 Å². The number of benzene rings is 1. The Bertz CT molecular complexity index is 1020. The van der Waals surface area contributed by atoms with Crippen LogP contribution < -0.4 is 5.32 Å². The fraction of sp³-hybridized carbons (Fsp3) is 0.286. The van der Waals surface area contributed by atoms with Crippen LogP contribution in [0.25, 0.3) is 10.9 Å². The zero-order chi connectivity index (χ0) is 18.4. The van der Waals surface area contributed by atoms with E-state index in [2.05, 4.69) is 10.3 Å². The lowest BCUT2D eigenvalue weighted by atomic mass is 10.0. The summed E-state index contributed by atoms with van der Waals surface area (Å²) in [5.74, 6) is 0.420. The largest absolute Gasteiger partial charge is 0.348 e. The summed E-state index contributed by atoms with van der Waals surface area (Å²) in [6.45, 7) is 0.712. The second-order valence-corrected chi connectivity index (χ2v) is 8.26. The zero-order valence-corrected chi connectivity index (χ0v) is 15.5. The van der Waals surface area contributed by atoms with Gasteiger partial charge in [0.05, 0.1) is 10.4 Å². The van der Waals surface area contributed by atoms with E-state index in [1.807, 2.05) is 52.7 Å². The van der Waals surface area contributed by atoms with Crippen molar-refractivity contribution < 1.29 is 9.59 Å². The van der Waals surface area contributed by atoms with Gasteiger partial charge in [-0.3, -0.25) is 14.6 Å². The Kier molecular flexibility index (Phi) is 3.93. The number of hydrogen-bond acceptors (Lipinski definition) is 4. The smallest absolute Gasteiger partial charge is 0.261 e. The molecule has 5 nitrogen and oxygen atoms in total. The first-order valence-corrected chi connectivity index (χ1v) is 10.1. The van der Waals surface area contributed by atoms with Gasteiger partial charge in [-0.25, -0.2) is 0 Å². The first kappa shape index (κ1) is 16.4. The van der Waals surface area contributed by atoms with E-state index in [0.717, 1.165) is 28.6 Å². The van der Waals surface area contributed by atoms with Crippen molar-refractivity contribution in [3.63, 3.8) is 0 Å². The van der Waals surface area contributed by atoms with Crippen LogP contribution in [0.1, 0.15) is 32.9 Å². The number of thiophene rings is 1. The second-order valence-electron chi connectivity index (χ2n) is 7.31. The predicted molar refractivity (Wildman–Crippen MR) is 105 cm³/mol. The topological polar surface area (TPSA) is 62.3 Å². The molecule has 5 rings (SSSR count). The Hall–Kier alpha value is -2.73. The normalized spacial score (nSPS) is 23.7. The molecule has 3 heterocycles. The summed E-state index contributed by atoms with van der Waals surface area (Å²) in [5, 5.41) is 6.05. The molecule has 2 amide bonds. The number of rotatable bonds is 3. The fourth-order valence-corrected chi connectivity index (χ4v) is 5.03. The lowest BCUT2D eigenvalue weighted by Gasteiger charge is -2.32. The minimum Gasteiger partial charge on any atom is -0.348 e. The van der Waals surface area contributed by atoms with Crippen LogP contribution in [0.15, 0.2) is 54.0 Å². The van der Waals surface area contributed by atoms with Gasteiger partial charge >= 0.3 is 0 Å². The Balaban J connectivity index is 1.28. The fourth-order valence-electron chi connectivity index (χ4n) is 4.40. The molecule has 1 N–H and O–H groups in total. The molecule has 1 aromatic carbocycles. The Morgan fingerprint density at radius 1 is 1.15 bits per heavy atom. The highest BCUT2D eigenvalue weighted by molar-refractivity contribution is 7.12. The highest BCUT2D eigenvalue weighted by Gasteiger charge is 2.47. The van der Waals surface area contributed by atoms with Crippen molar-refractivity contribution in [2.24, 2.45) is 5.92 Å². The number of amides is 2. The third-order valence-corrected chi connectivity index (χ3v) is 6.58. The SMILES string of the molecule is O=C(N[C@H]1C[C@@H]2C[C@H]1CN2C(=O)c1ccc2ncccc2c1)c1cccs1. The van der Waals surface area contributed by atoms with E-state index < -0.39 is 0 Å². The van der Waals surface area contributed by atoms with Crippen LogP contribution in [-0.2, 0) is 0 Å². The summed E-state index contributed by atoms with van der Waals surface area (Å²) < 4.78 is 0. The Morgan fingerprint density at radius 3 is 2.85 bits per heavy atom. The predicted octanol–water partition coefficient (Wildman–Crippen LogP) is 3.33. The average Bonchev–Trinajstić information content (AvgIpc) is 3.44. The van der Waals surface area contributed by atoms with Crippen molar-refractivity contribution in [3.05, 3.63) is 64.5 Å². The summed E-state index contributed by atoms with van der Waals surface area (Å²) in [4.78, 5) is 32.4. The second kappa shape index (κ2) is 6.46. The molecule has 1 aliphatic heterocycles. The van der Waals surface area contributed by atoms with Gasteiger partial charge < -0.3 is 10.2 Å². The number of nitrogens with one attached hydrogen (secondary N) is 1. The van der Waals surface area contributed by atoms with Gasteiger partial charge in [-0.15, -0.1) is 11.3 Å². The highest BCUT2D eigenvalue weighted by atomic mass is 32.1. The van der Waals surface area contributed by atoms with E-state index in [0.29, 0.717) is 18.0 Å². The Morgan fingerprint density at radius 2 is 2.07 bits per heavy atom. The highest BCUT2D eigenvalue weighted by Crippen LogP contribution is 2.39. The van der Waals surface area contributed by atoms with Gasteiger partial charge in [0, 0.05) is 35.8 Å². The number of hydrogen-bond donors (Lipinski definition) is 1. The number of fused-ring (bicyclic) bond motifs is 3. The minimum atomic E-state index is 0.00227. The summed E-state index contributed by atoms with van der Waals surface area (Å²) in [6.07, 6.45) is 3.56. The van der Waals surface area contributed by atoms with Gasteiger partial charge in [0.25, 0.3) is 11.8 Å². The molecule has 0 radical (unpaired) electrons. The van der Waals surface area contributed by atoms with Gasteiger partial charge in [-0.1, -0.05) is 12.1 Å². The third kappa shape index (κ3) is 2.90. The number of carbonyl (C=O) groups is 2. The van der Waals surface area contributed by atoms with Crippen LogP contribution in [0, 0.1) is 5.92 Å². The molecule has 2 fully saturated rings. The van der Waals surface area contributed by atoms with Crippen LogP contribution in [0.4, 0.5) is 0 Å². The number of pyridine rings is 1. The molecule has 6 heteroatoms. The monoisotopic (exact) mass is 377 g/mol. The molecule has 1 saturated carbocycles. The summed E-state index contributed by atoms with van der Waals surface area (Å²) >= 11 is 1.46. The number of carbonyl (C=O) groups excluding carboxylic acids is 2. The number of likely N-dealkylation sites (tertiary alicyclic amines) is 1. The first-order valence-electron chi connectivity index (χ1n) is 9.19. The first-order chi connectivity index (χ1) is 13.2. The quantitative estimate of drug-likeness (QED) is 0.762. The maximum Gasteiger partial charge on any atom is 0.261 e. The van der Waals surface area contributed by atoms with Crippen molar-refractivity contribution in [3.8, 4) is 0 Å². The number of aromatic nitrogens is 1. The zero-order valence-electron chi connectivity index (χ0n) is 14.7. The van der Waals surface area contributed by atoms with E-state index in [-0.39, 0.29) is 23.9 Å². The molecule has 1 saturated heterocycles. The standard InChI is InChI=1S/C21H19N3O2S/c25-20(19-4-2-8-27-19)23-18-11-16-10-15(18)12-24(16)21(26)14-5-6-17-13(9-14)3-1-7-22-17/h1-9,15-16,18H,10-12H2,(H,23,25)/t15-,16-,18-/m0/s1. The van der Waals surface area contributed by atoms with E-state index in [1.54, 1.807) is 6.20 Å². The molecule has 0 spiro atoms.